The molecule has 1 atom stereocenters. The number of imide groups is 1. The first-order valence-corrected chi connectivity index (χ1v) is 10.2. The summed E-state index contributed by atoms with van der Waals surface area (Å²) in [4.78, 5) is 24.8. The van der Waals surface area contributed by atoms with Crippen LogP contribution in [0.1, 0.15) is 28.1 Å². The highest BCUT2D eigenvalue weighted by Crippen LogP contribution is 2.39. The molecule has 3 rings (SSSR count). The maximum Gasteiger partial charge on any atom is 0.326 e. The fourth-order valence-electron chi connectivity index (χ4n) is 2.70. The van der Waals surface area contributed by atoms with Crippen molar-refractivity contribution in [2.24, 2.45) is 0 Å². The second-order valence-corrected chi connectivity index (χ2v) is 8.11. The standard InChI is InChI=1S/C22H17ClF2N2O2S/c1-13(14-6-3-2-4-7-14)30-19-11-10-15(12-16(19)23)26-22(29)27-21(28)20-17(24)8-5-9-18(20)25/h2-13H,1H3,(H2,26,27,28,29). The van der Waals surface area contributed by atoms with Crippen molar-refractivity contribution in [1.29, 1.82) is 0 Å². The number of nitrogens with one attached hydrogen (secondary N) is 2. The van der Waals surface area contributed by atoms with Crippen molar-refractivity contribution in [2.75, 3.05) is 5.32 Å². The van der Waals surface area contributed by atoms with E-state index < -0.39 is 29.1 Å². The van der Waals surface area contributed by atoms with Crippen LogP contribution in [-0.4, -0.2) is 11.9 Å². The molecule has 0 saturated carbocycles. The molecule has 0 aliphatic carbocycles. The van der Waals surface area contributed by atoms with Crippen LogP contribution < -0.4 is 10.6 Å². The Labute approximate surface area is 181 Å². The molecule has 0 heterocycles. The molecule has 3 amide bonds. The van der Waals surface area contributed by atoms with Gasteiger partial charge in [0.1, 0.15) is 17.2 Å². The minimum absolute atomic E-state index is 0.166. The van der Waals surface area contributed by atoms with Gasteiger partial charge < -0.3 is 5.32 Å². The van der Waals surface area contributed by atoms with Gasteiger partial charge in [0.05, 0.1) is 5.02 Å². The summed E-state index contributed by atoms with van der Waals surface area (Å²) in [7, 11) is 0. The van der Waals surface area contributed by atoms with Gasteiger partial charge in [-0.15, -0.1) is 11.8 Å². The monoisotopic (exact) mass is 446 g/mol. The number of carbonyl (C=O) groups is 2. The van der Waals surface area contributed by atoms with Crippen LogP contribution in [0.2, 0.25) is 5.02 Å². The van der Waals surface area contributed by atoms with Gasteiger partial charge in [-0.1, -0.05) is 48.0 Å². The number of amides is 3. The van der Waals surface area contributed by atoms with Crippen LogP contribution in [0.4, 0.5) is 19.3 Å². The molecule has 1 unspecified atom stereocenters. The molecule has 2 N–H and O–H groups in total. The summed E-state index contributed by atoms with van der Waals surface area (Å²) in [6.45, 7) is 2.06. The van der Waals surface area contributed by atoms with Crippen molar-refractivity contribution in [2.45, 2.75) is 17.1 Å². The second-order valence-electron chi connectivity index (χ2n) is 6.32. The summed E-state index contributed by atoms with van der Waals surface area (Å²) in [6, 6.07) is 16.9. The molecule has 0 spiro atoms. The van der Waals surface area contributed by atoms with Crippen LogP contribution >= 0.6 is 23.4 Å². The van der Waals surface area contributed by atoms with E-state index in [0.29, 0.717) is 10.7 Å². The maximum absolute atomic E-state index is 13.7. The molecule has 0 radical (unpaired) electrons. The number of carbonyl (C=O) groups excluding carboxylic acids is 2. The van der Waals surface area contributed by atoms with Gasteiger partial charge >= 0.3 is 6.03 Å². The SMILES string of the molecule is CC(Sc1ccc(NC(=O)NC(=O)c2c(F)cccc2F)cc1Cl)c1ccccc1. The predicted molar refractivity (Wildman–Crippen MR) is 115 cm³/mol. The van der Waals surface area contributed by atoms with Crippen LogP contribution in [0.25, 0.3) is 0 Å². The van der Waals surface area contributed by atoms with E-state index in [1.807, 2.05) is 35.6 Å². The van der Waals surface area contributed by atoms with Crippen molar-refractivity contribution in [3.05, 3.63) is 94.5 Å². The summed E-state index contributed by atoms with van der Waals surface area (Å²) >= 11 is 7.89. The number of hydrogen-bond acceptors (Lipinski definition) is 3. The minimum atomic E-state index is -1.18. The number of rotatable bonds is 5. The third-order valence-corrected chi connectivity index (χ3v) is 5.84. The van der Waals surface area contributed by atoms with E-state index >= 15 is 0 Å². The van der Waals surface area contributed by atoms with E-state index in [9.17, 15) is 18.4 Å². The van der Waals surface area contributed by atoms with Crippen LogP contribution in [0.15, 0.2) is 71.6 Å². The molecule has 4 nitrogen and oxygen atoms in total. The third kappa shape index (κ3) is 5.37. The Morgan fingerprint density at radius 1 is 0.967 bits per heavy atom. The van der Waals surface area contributed by atoms with Gasteiger partial charge in [-0.25, -0.2) is 13.6 Å². The fraction of sp³-hybridized carbons (Fsp3) is 0.0909. The summed E-state index contributed by atoms with van der Waals surface area (Å²) in [5.41, 5.74) is 0.655. The Balaban J connectivity index is 1.64. The number of halogens is 3. The second kappa shape index (κ2) is 9.73. The average Bonchev–Trinajstić information content (AvgIpc) is 2.70. The number of hydrogen-bond donors (Lipinski definition) is 2. The van der Waals surface area contributed by atoms with E-state index in [1.165, 1.54) is 6.07 Å². The molecule has 30 heavy (non-hydrogen) atoms. The van der Waals surface area contributed by atoms with Crippen molar-refractivity contribution < 1.29 is 18.4 Å². The predicted octanol–water partition coefficient (Wildman–Crippen LogP) is 6.43. The molecular formula is C22H17ClF2N2O2S. The van der Waals surface area contributed by atoms with E-state index in [4.69, 9.17) is 11.6 Å². The summed E-state index contributed by atoms with van der Waals surface area (Å²) in [5, 5.41) is 4.91. The lowest BCUT2D eigenvalue weighted by molar-refractivity contribution is 0.0959. The third-order valence-electron chi connectivity index (χ3n) is 4.18. The highest BCUT2D eigenvalue weighted by atomic mass is 35.5. The van der Waals surface area contributed by atoms with Crippen LogP contribution in [-0.2, 0) is 0 Å². The lowest BCUT2D eigenvalue weighted by Crippen LogP contribution is -2.35. The normalized spacial score (nSPS) is 11.6. The zero-order valence-electron chi connectivity index (χ0n) is 15.8. The Morgan fingerprint density at radius 2 is 1.63 bits per heavy atom. The highest BCUT2D eigenvalue weighted by molar-refractivity contribution is 7.99. The van der Waals surface area contributed by atoms with Crippen molar-refractivity contribution in [3.63, 3.8) is 0 Å². The molecular weight excluding hydrogens is 430 g/mol. The van der Waals surface area contributed by atoms with Crippen LogP contribution in [0.3, 0.4) is 0 Å². The number of urea groups is 1. The lowest BCUT2D eigenvalue weighted by Gasteiger charge is -2.14. The highest BCUT2D eigenvalue weighted by Gasteiger charge is 2.19. The van der Waals surface area contributed by atoms with Gasteiger partial charge in [0.15, 0.2) is 0 Å². The van der Waals surface area contributed by atoms with Crippen molar-refractivity contribution in [3.8, 4) is 0 Å². The Hall–Kier alpha value is -2.90. The number of anilines is 1. The lowest BCUT2D eigenvalue weighted by atomic mass is 10.2. The zero-order valence-corrected chi connectivity index (χ0v) is 17.4. The first-order valence-electron chi connectivity index (χ1n) is 8.92. The molecule has 0 fully saturated rings. The van der Waals surface area contributed by atoms with Crippen molar-refractivity contribution in [1.82, 2.24) is 5.32 Å². The van der Waals surface area contributed by atoms with Gasteiger partial charge in [0.2, 0.25) is 0 Å². The quantitative estimate of drug-likeness (QED) is 0.444. The van der Waals surface area contributed by atoms with Crippen LogP contribution in [0.5, 0.6) is 0 Å². The van der Waals surface area contributed by atoms with E-state index in [0.717, 1.165) is 28.7 Å². The summed E-state index contributed by atoms with van der Waals surface area (Å²) in [5.74, 6) is -3.30. The molecule has 0 aliphatic heterocycles. The van der Waals surface area contributed by atoms with Crippen molar-refractivity contribution >= 4 is 41.0 Å². The molecule has 0 aromatic heterocycles. The summed E-state index contributed by atoms with van der Waals surface area (Å²) in [6.07, 6.45) is 0. The topological polar surface area (TPSA) is 58.2 Å². The van der Waals surface area contributed by atoms with E-state index in [-0.39, 0.29) is 5.25 Å². The van der Waals surface area contributed by atoms with E-state index in [1.54, 1.807) is 23.9 Å². The molecule has 3 aromatic rings. The van der Waals surface area contributed by atoms with E-state index in [2.05, 4.69) is 12.2 Å². The molecule has 0 bridgehead atoms. The zero-order chi connectivity index (χ0) is 21.7. The molecule has 3 aromatic carbocycles. The largest absolute Gasteiger partial charge is 0.326 e. The average molecular weight is 447 g/mol. The van der Waals surface area contributed by atoms with Gasteiger partial charge in [-0.05, 0) is 42.8 Å². The van der Waals surface area contributed by atoms with Crippen LogP contribution in [0, 0.1) is 11.6 Å². The first kappa shape index (κ1) is 21.8. The first-order chi connectivity index (χ1) is 14.3. The Morgan fingerprint density at radius 3 is 2.27 bits per heavy atom. The van der Waals surface area contributed by atoms with Gasteiger partial charge in [0.25, 0.3) is 5.91 Å². The smallest absolute Gasteiger partial charge is 0.308 e. The number of benzene rings is 3. The summed E-state index contributed by atoms with van der Waals surface area (Å²) < 4.78 is 27.3. The molecule has 154 valence electrons. The molecule has 0 aliphatic rings. The Bertz CT molecular complexity index is 1060. The molecule has 8 heteroatoms. The van der Waals surface area contributed by atoms with Gasteiger partial charge in [-0.2, -0.15) is 0 Å². The van der Waals surface area contributed by atoms with Gasteiger partial charge in [-0.3, -0.25) is 10.1 Å². The number of thioether (sulfide) groups is 1. The Kier molecular flexibility index (Phi) is 7.07. The minimum Gasteiger partial charge on any atom is -0.308 e. The fourth-order valence-corrected chi connectivity index (χ4v) is 4.01. The maximum atomic E-state index is 13.7. The van der Waals surface area contributed by atoms with Gasteiger partial charge in [0, 0.05) is 15.8 Å². The molecule has 0 saturated heterocycles.